The second-order valence-corrected chi connectivity index (χ2v) is 16.3. The summed E-state index contributed by atoms with van der Waals surface area (Å²) in [6.07, 6.45) is 3.39. The third-order valence-corrected chi connectivity index (χ3v) is 13.8. The Hall–Kier alpha value is -2.81. The number of H-pyrrole nitrogens is 1. The Morgan fingerprint density at radius 1 is 1.13 bits per heavy atom. The van der Waals surface area contributed by atoms with Crippen LogP contribution in [0.3, 0.4) is 0 Å². The molecule has 1 amide bonds. The van der Waals surface area contributed by atoms with Crippen molar-refractivity contribution >= 4 is 6.09 Å². The van der Waals surface area contributed by atoms with Crippen molar-refractivity contribution in [2.75, 3.05) is 6.54 Å². The highest BCUT2D eigenvalue weighted by atomic mass is 19.4. The molecule has 3 heterocycles. The van der Waals surface area contributed by atoms with Gasteiger partial charge in [0.2, 0.25) is 0 Å². The van der Waals surface area contributed by atoms with Gasteiger partial charge in [0.1, 0.15) is 6.61 Å². The van der Waals surface area contributed by atoms with Crippen LogP contribution in [-0.4, -0.2) is 45.5 Å². The van der Waals surface area contributed by atoms with E-state index >= 15 is 0 Å². The molecule has 9 heteroatoms. The molecule has 6 aliphatic rings. The Balaban J connectivity index is 1.03. The molecule has 2 saturated carbocycles. The van der Waals surface area contributed by atoms with E-state index in [-0.39, 0.29) is 41.8 Å². The normalized spacial score (nSPS) is 39.5. The summed E-state index contributed by atoms with van der Waals surface area (Å²) >= 11 is 0. The lowest BCUT2D eigenvalue weighted by Crippen LogP contribution is -2.54. The number of nitrogens with zero attached hydrogens (tertiary/aromatic N) is 2. The Morgan fingerprint density at radius 2 is 1.91 bits per heavy atom. The molecule has 8 rings (SSSR count). The van der Waals surface area contributed by atoms with Gasteiger partial charge in [-0.1, -0.05) is 62.2 Å². The van der Waals surface area contributed by atoms with Crippen molar-refractivity contribution in [2.24, 2.45) is 40.9 Å². The van der Waals surface area contributed by atoms with E-state index in [0.29, 0.717) is 60.2 Å². The van der Waals surface area contributed by atoms with Crippen molar-refractivity contribution in [3.05, 3.63) is 64.0 Å². The van der Waals surface area contributed by atoms with Crippen LogP contribution >= 0.6 is 0 Å². The number of allylic oxidation sites excluding steroid dienone is 1. The number of ether oxygens (including phenoxy) is 2. The second kappa shape index (κ2) is 11.1. The van der Waals surface area contributed by atoms with Crippen LogP contribution in [-0.2, 0) is 35.1 Å². The summed E-state index contributed by atoms with van der Waals surface area (Å²) in [7, 11) is 0. The van der Waals surface area contributed by atoms with Crippen LogP contribution in [0.1, 0.15) is 95.2 Å². The number of nitrogens with one attached hydrogen (secondary N) is 1. The molecule has 6 nitrogen and oxygen atoms in total. The highest BCUT2D eigenvalue weighted by Gasteiger charge is 2.61. The third-order valence-electron chi connectivity index (χ3n) is 13.8. The fourth-order valence-electron chi connectivity index (χ4n) is 11.6. The van der Waals surface area contributed by atoms with E-state index in [1.54, 1.807) is 5.57 Å². The highest BCUT2D eigenvalue weighted by molar-refractivity contribution is 5.68. The largest absolute Gasteiger partial charge is 0.445 e. The summed E-state index contributed by atoms with van der Waals surface area (Å²) < 4.78 is 54.8. The topological polar surface area (TPSA) is 67.5 Å². The molecule has 4 aliphatic carbocycles. The van der Waals surface area contributed by atoms with Crippen LogP contribution in [0.2, 0.25) is 0 Å². The van der Waals surface area contributed by atoms with Gasteiger partial charge >= 0.3 is 12.3 Å². The van der Waals surface area contributed by atoms with Gasteiger partial charge < -0.3 is 14.4 Å². The average molecular weight is 652 g/mol. The number of piperidine rings is 1. The number of alkyl halides is 3. The van der Waals surface area contributed by atoms with E-state index in [1.807, 2.05) is 35.2 Å². The summed E-state index contributed by atoms with van der Waals surface area (Å²) in [5, 5.41) is 6.52. The predicted molar refractivity (Wildman–Crippen MR) is 171 cm³/mol. The summed E-state index contributed by atoms with van der Waals surface area (Å²) in [6, 6.07) is 9.82. The summed E-state index contributed by atoms with van der Waals surface area (Å²) in [5.41, 5.74) is 3.84. The molecule has 2 aromatic rings. The second-order valence-electron chi connectivity index (χ2n) is 16.3. The van der Waals surface area contributed by atoms with E-state index in [4.69, 9.17) is 9.47 Å². The van der Waals surface area contributed by atoms with E-state index in [0.717, 1.165) is 50.5 Å². The number of hydrogen-bond acceptors (Lipinski definition) is 4. The molecule has 1 aromatic carbocycles. The van der Waals surface area contributed by atoms with Gasteiger partial charge in [0, 0.05) is 23.7 Å². The minimum Gasteiger partial charge on any atom is -0.445 e. The van der Waals surface area contributed by atoms with Gasteiger partial charge in [-0.15, -0.1) is 0 Å². The van der Waals surface area contributed by atoms with Crippen molar-refractivity contribution < 1.29 is 27.4 Å². The average Bonchev–Trinajstić information content (AvgIpc) is 3.67. The van der Waals surface area contributed by atoms with Crippen LogP contribution in [0.25, 0.3) is 0 Å². The van der Waals surface area contributed by atoms with Crippen molar-refractivity contribution in [1.29, 1.82) is 0 Å². The first-order valence-electron chi connectivity index (χ1n) is 17.8. The number of halogens is 3. The van der Waals surface area contributed by atoms with Crippen LogP contribution in [0, 0.1) is 40.9 Å². The number of rotatable bonds is 2. The van der Waals surface area contributed by atoms with Crippen LogP contribution in [0.15, 0.2) is 41.5 Å². The van der Waals surface area contributed by atoms with Gasteiger partial charge in [0.15, 0.2) is 5.69 Å². The van der Waals surface area contributed by atoms with Crippen molar-refractivity contribution in [2.45, 2.75) is 116 Å². The van der Waals surface area contributed by atoms with Crippen molar-refractivity contribution in [3.8, 4) is 0 Å². The number of hydrogen-bond donors (Lipinski definition) is 1. The maximum atomic E-state index is 13.9. The SMILES string of the molecule is CC1=C2C[C@H]3[C@@H](CC[C@@H]4Cc5[nH]nc(C(F)(F)F)c5C[C@@]43C)[C@@H]2CC[C@@]2(C1)O[C@@H]1C[C@H](C)CN(C(=O)OCc3ccccc3)[C@H]1[C@H]2C. The van der Waals surface area contributed by atoms with Gasteiger partial charge in [0.05, 0.1) is 17.7 Å². The maximum absolute atomic E-state index is 13.9. The molecular weight excluding hydrogens is 603 g/mol. The van der Waals surface area contributed by atoms with Gasteiger partial charge in [0.25, 0.3) is 0 Å². The van der Waals surface area contributed by atoms with E-state index in [9.17, 15) is 18.0 Å². The van der Waals surface area contributed by atoms with Crippen LogP contribution < -0.4 is 0 Å². The van der Waals surface area contributed by atoms with Gasteiger partial charge in [-0.05, 0) is 105 Å². The lowest BCUT2D eigenvalue weighted by molar-refractivity contribution is -0.142. The summed E-state index contributed by atoms with van der Waals surface area (Å²) in [4.78, 5) is 15.5. The molecule has 0 bridgehead atoms. The molecule has 2 aliphatic heterocycles. The highest BCUT2D eigenvalue weighted by Crippen LogP contribution is 2.65. The van der Waals surface area contributed by atoms with Gasteiger partial charge in [-0.25, -0.2) is 4.79 Å². The molecule has 10 atom stereocenters. The number of aromatic amines is 1. The summed E-state index contributed by atoms with van der Waals surface area (Å²) in [5.74, 6) is 2.20. The van der Waals surface area contributed by atoms with E-state index < -0.39 is 11.9 Å². The number of likely N-dealkylation sites (tertiary alicyclic amines) is 1. The molecule has 2 saturated heterocycles. The summed E-state index contributed by atoms with van der Waals surface area (Å²) in [6.45, 7) is 10.00. The molecule has 254 valence electrons. The molecule has 4 fully saturated rings. The number of fused-ring (bicyclic) bond motifs is 7. The van der Waals surface area contributed by atoms with Crippen molar-refractivity contribution in [1.82, 2.24) is 15.1 Å². The number of aromatic nitrogens is 2. The number of benzene rings is 1. The minimum atomic E-state index is -4.43. The zero-order valence-corrected chi connectivity index (χ0v) is 28.0. The quantitative estimate of drug-likeness (QED) is 0.331. The number of amides is 1. The lowest BCUT2D eigenvalue weighted by atomic mass is 9.52. The third kappa shape index (κ3) is 4.99. The Bertz CT molecular complexity index is 1570. The smallest absolute Gasteiger partial charge is 0.435 e. The zero-order valence-electron chi connectivity index (χ0n) is 28.0. The Kier molecular flexibility index (Phi) is 7.44. The molecule has 1 N–H and O–H groups in total. The standard InChI is InChI=1S/C38H48F3N3O3/c1-21-14-32-33(44(19-21)35(45)46-20-24-8-6-5-7-9-24)23(3)37(47-32)13-12-26-27-11-10-25-15-31-29(34(43-42-31)38(39,40)41)18-36(25,4)30(27)16-28(26)22(2)17-37/h5-9,21,23,25-27,30,32-33H,10-20H2,1-4H3,(H,42,43)/t21-,23+,25+,26-,27-,30-,32+,33-,36-,37-/m0/s1. The number of carbonyl (C=O) groups excluding carboxylic acids is 1. The molecule has 0 unspecified atom stereocenters. The fraction of sp³-hybridized carbons (Fsp3) is 0.684. The van der Waals surface area contributed by atoms with Crippen LogP contribution in [0.5, 0.6) is 0 Å². The van der Waals surface area contributed by atoms with Gasteiger partial charge in [-0.3, -0.25) is 5.10 Å². The predicted octanol–water partition coefficient (Wildman–Crippen LogP) is 8.52. The van der Waals surface area contributed by atoms with Crippen molar-refractivity contribution in [3.63, 3.8) is 0 Å². The molecular formula is C38H48F3N3O3. The number of carbonyl (C=O) groups is 1. The fourth-order valence-corrected chi connectivity index (χ4v) is 11.6. The Labute approximate surface area is 275 Å². The molecule has 0 radical (unpaired) electrons. The monoisotopic (exact) mass is 651 g/mol. The zero-order chi connectivity index (χ0) is 32.9. The first-order chi connectivity index (χ1) is 22.4. The first kappa shape index (κ1) is 31.5. The minimum absolute atomic E-state index is 0.00918. The van der Waals surface area contributed by atoms with Gasteiger partial charge in [-0.2, -0.15) is 18.3 Å². The molecule has 1 spiro atoms. The maximum Gasteiger partial charge on any atom is 0.435 e. The first-order valence-corrected chi connectivity index (χ1v) is 17.8. The Morgan fingerprint density at radius 3 is 2.68 bits per heavy atom. The molecule has 1 aromatic heterocycles. The van der Waals surface area contributed by atoms with Crippen LogP contribution in [0.4, 0.5) is 18.0 Å². The lowest BCUT2D eigenvalue weighted by Gasteiger charge is -2.52. The molecule has 47 heavy (non-hydrogen) atoms. The van der Waals surface area contributed by atoms with E-state index in [1.165, 1.54) is 5.57 Å². The van der Waals surface area contributed by atoms with E-state index in [2.05, 4.69) is 37.9 Å².